The van der Waals surface area contributed by atoms with Crippen LogP contribution in [0.5, 0.6) is 0 Å². The summed E-state index contributed by atoms with van der Waals surface area (Å²) >= 11 is 0. The van der Waals surface area contributed by atoms with Crippen molar-refractivity contribution in [2.24, 2.45) is 5.41 Å². The van der Waals surface area contributed by atoms with Gasteiger partial charge in [0.2, 0.25) is 10.0 Å². The molecule has 3 nitrogen and oxygen atoms in total. The molecule has 1 N–H and O–H groups in total. The molecule has 0 heterocycles. The summed E-state index contributed by atoms with van der Waals surface area (Å²) in [4.78, 5) is 0.361. The van der Waals surface area contributed by atoms with Crippen molar-refractivity contribution in [2.75, 3.05) is 0 Å². The Morgan fingerprint density at radius 3 is 2.14 bits per heavy atom. The molecule has 0 bridgehead atoms. The van der Waals surface area contributed by atoms with Crippen LogP contribution < -0.4 is 4.72 Å². The molecule has 1 aliphatic carbocycles. The summed E-state index contributed by atoms with van der Waals surface area (Å²) in [6.07, 6.45) is 2.90. The SMILES string of the molecule is CC1(C)CCC(NS(=O)(=O)c2ccc(C(C)(C)C)cc2)C1. The van der Waals surface area contributed by atoms with Crippen LogP contribution >= 0.6 is 0 Å². The Morgan fingerprint density at radius 1 is 1.14 bits per heavy atom. The third-order valence-electron chi connectivity index (χ3n) is 4.32. The fourth-order valence-electron chi connectivity index (χ4n) is 2.96. The highest BCUT2D eigenvalue weighted by atomic mass is 32.2. The summed E-state index contributed by atoms with van der Waals surface area (Å²) in [6.45, 7) is 10.7. The van der Waals surface area contributed by atoms with Crippen molar-refractivity contribution in [3.8, 4) is 0 Å². The van der Waals surface area contributed by atoms with Gasteiger partial charge in [-0.25, -0.2) is 13.1 Å². The lowest BCUT2D eigenvalue weighted by atomic mass is 9.87. The Kier molecular flexibility index (Phi) is 4.24. The number of sulfonamides is 1. The Hall–Kier alpha value is -0.870. The van der Waals surface area contributed by atoms with Crippen molar-refractivity contribution in [3.05, 3.63) is 29.8 Å². The first-order chi connectivity index (χ1) is 9.50. The van der Waals surface area contributed by atoms with Gasteiger partial charge in [-0.05, 0) is 47.8 Å². The number of nitrogens with one attached hydrogen (secondary N) is 1. The Balaban J connectivity index is 2.13. The predicted octanol–water partition coefficient (Wildman–Crippen LogP) is 3.84. The van der Waals surface area contributed by atoms with Gasteiger partial charge in [0.25, 0.3) is 0 Å². The van der Waals surface area contributed by atoms with Crippen LogP contribution in [0.4, 0.5) is 0 Å². The van der Waals surface area contributed by atoms with Gasteiger partial charge in [0.15, 0.2) is 0 Å². The van der Waals surface area contributed by atoms with Gasteiger partial charge in [-0.2, -0.15) is 0 Å². The summed E-state index contributed by atoms with van der Waals surface area (Å²) in [6, 6.07) is 7.30. The van der Waals surface area contributed by atoms with E-state index in [1.165, 1.54) is 0 Å². The number of rotatable bonds is 3. The summed E-state index contributed by atoms with van der Waals surface area (Å²) in [7, 11) is -3.41. The van der Waals surface area contributed by atoms with Crippen molar-refractivity contribution in [1.29, 1.82) is 0 Å². The van der Waals surface area contributed by atoms with Crippen molar-refractivity contribution in [3.63, 3.8) is 0 Å². The van der Waals surface area contributed by atoms with Crippen molar-refractivity contribution in [1.82, 2.24) is 4.72 Å². The minimum Gasteiger partial charge on any atom is -0.208 e. The zero-order valence-corrected chi connectivity index (χ0v) is 14.5. The zero-order chi connectivity index (χ0) is 15.9. The standard InChI is InChI=1S/C17H27NO2S/c1-16(2,3)13-6-8-15(9-7-13)21(19,20)18-14-10-11-17(4,5)12-14/h6-9,14,18H,10-12H2,1-5H3. The smallest absolute Gasteiger partial charge is 0.208 e. The maximum absolute atomic E-state index is 12.4. The molecule has 2 rings (SSSR count). The van der Waals surface area contributed by atoms with Gasteiger partial charge < -0.3 is 0 Å². The van der Waals surface area contributed by atoms with E-state index in [-0.39, 0.29) is 16.9 Å². The third kappa shape index (κ3) is 4.07. The molecule has 1 aliphatic rings. The van der Waals surface area contributed by atoms with E-state index >= 15 is 0 Å². The number of benzene rings is 1. The lowest BCUT2D eigenvalue weighted by molar-refractivity contribution is 0.372. The monoisotopic (exact) mass is 309 g/mol. The van der Waals surface area contributed by atoms with Crippen LogP contribution in [0.3, 0.4) is 0 Å². The molecule has 1 aromatic carbocycles. The fraction of sp³-hybridized carbons (Fsp3) is 0.647. The van der Waals surface area contributed by atoms with E-state index in [2.05, 4.69) is 39.3 Å². The molecule has 4 heteroatoms. The topological polar surface area (TPSA) is 46.2 Å². The van der Waals surface area contributed by atoms with Gasteiger partial charge in [0.05, 0.1) is 4.90 Å². The first-order valence-electron chi connectivity index (χ1n) is 7.63. The average Bonchev–Trinajstić information content (AvgIpc) is 2.67. The highest BCUT2D eigenvalue weighted by Crippen LogP contribution is 2.37. The Morgan fingerprint density at radius 2 is 1.71 bits per heavy atom. The molecular formula is C17H27NO2S. The van der Waals surface area contributed by atoms with E-state index in [0.717, 1.165) is 24.8 Å². The number of hydrogen-bond acceptors (Lipinski definition) is 2. The van der Waals surface area contributed by atoms with E-state index in [9.17, 15) is 8.42 Å². The molecule has 1 fully saturated rings. The van der Waals surface area contributed by atoms with Crippen LogP contribution in [-0.4, -0.2) is 14.5 Å². The molecule has 1 saturated carbocycles. The summed E-state index contributed by atoms with van der Waals surface area (Å²) in [5.74, 6) is 0. The highest BCUT2D eigenvalue weighted by Gasteiger charge is 2.33. The molecule has 0 aromatic heterocycles. The molecule has 1 aromatic rings. The van der Waals surface area contributed by atoms with Crippen molar-refractivity contribution >= 4 is 10.0 Å². The molecule has 0 radical (unpaired) electrons. The van der Waals surface area contributed by atoms with E-state index in [1.807, 2.05) is 12.1 Å². The van der Waals surface area contributed by atoms with Crippen molar-refractivity contribution in [2.45, 2.75) is 70.2 Å². The minimum atomic E-state index is -3.41. The van der Waals surface area contributed by atoms with Gasteiger partial charge >= 0.3 is 0 Å². The zero-order valence-electron chi connectivity index (χ0n) is 13.7. The fourth-order valence-corrected chi connectivity index (χ4v) is 4.23. The van der Waals surface area contributed by atoms with Crippen LogP contribution in [-0.2, 0) is 15.4 Å². The molecule has 0 aliphatic heterocycles. The van der Waals surface area contributed by atoms with Gasteiger partial charge in [-0.3, -0.25) is 0 Å². The first-order valence-corrected chi connectivity index (χ1v) is 9.11. The van der Waals surface area contributed by atoms with Crippen molar-refractivity contribution < 1.29 is 8.42 Å². The quantitative estimate of drug-likeness (QED) is 0.922. The Labute approximate surface area is 129 Å². The van der Waals surface area contributed by atoms with Gasteiger partial charge in [0, 0.05) is 6.04 Å². The van der Waals surface area contributed by atoms with E-state index < -0.39 is 10.0 Å². The predicted molar refractivity (Wildman–Crippen MR) is 86.9 cm³/mol. The normalized spacial score (nSPS) is 22.4. The maximum Gasteiger partial charge on any atom is 0.240 e. The van der Waals surface area contributed by atoms with Crippen LogP contribution in [0.25, 0.3) is 0 Å². The second-order valence-electron chi connectivity index (χ2n) is 8.00. The van der Waals surface area contributed by atoms with E-state index in [4.69, 9.17) is 0 Å². The summed E-state index contributed by atoms with van der Waals surface area (Å²) in [5.41, 5.74) is 1.41. The molecule has 118 valence electrons. The molecule has 0 saturated heterocycles. The molecule has 21 heavy (non-hydrogen) atoms. The molecule has 1 atom stereocenters. The average molecular weight is 309 g/mol. The first kappa shape index (κ1) is 16.5. The van der Waals surface area contributed by atoms with Crippen LogP contribution in [0.15, 0.2) is 29.2 Å². The third-order valence-corrected chi connectivity index (χ3v) is 5.86. The van der Waals surface area contributed by atoms with E-state index in [0.29, 0.717) is 4.90 Å². The molecule has 1 unspecified atom stereocenters. The van der Waals surface area contributed by atoms with Gasteiger partial charge in [-0.1, -0.05) is 46.8 Å². The second kappa shape index (κ2) is 5.40. The second-order valence-corrected chi connectivity index (χ2v) is 9.71. The largest absolute Gasteiger partial charge is 0.240 e. The highest BCUT2D eigenvalue weighted by molar-refractivity contribution is 7.89. The Bertz CT molecular complexity index is 595. The molecule has 0 amide bonds. The van der Waals surface area contributed by atoms with Gasteiger partial charge in [0.1, 0.15) is 0 Å². The van der Waals surface area contributed by atoms with Crippen LogP contribution in [0, 0.1) is 5.41 Å². The molecule has 0 spiro atoms. The summed E-state index contributed by atoms with van der Waals surface area (Å²) in [5, 5.41) is 0. The van der Waals surface area contributed by atoms with Gasteiger partial charge in [-0.15, -0.1) is 0 Å². The van der Waals surface area contributed by atoms with Crippen LogP contribution in [0.2, 0.25) is 0 Å². The minimum absolute atomic E-state index is 0.0329. The van der Waals surface area contributed by atoms with Crippen LogP contribution in [0.1, 0.15) is 59.4 Å². The summed E-state index contributed by atoms with van der Waals surface area (Å²) < 4.78 is 27.8. The molecular weight excluding hydrogens is 282 g/mol. The number of hydrogen-bond donors (Lipinski definition) is 1. The maximum atomic E-state index is 12.4. The lowest BCUT2D eigenvalue weighted by Crippen LogP contribution is -2.33. The lowest BCUT2D eigenvalue weighted by Gasteiger charge is -2.20. The van der Waals surface area contributed by atoms with E-state index in [1.54, 1.807) is 12.1 Å².